The Bertz CT molecular complexity index is 889. The molecule has 0 unspecified atom stereocenters. The van der Waals surface area contributed by atoms with Gasteiger partial charge in [0.1, 0.15) is 16.9 Å². The van der Waals surface area contributed by atoms with E-state index in [1.54, 1.807) is 11.3 Å². The number of hydrogen-bond acceptors (Lipinski definition) is 4. The van der Waals surface area contributed by atoms with E-state index in [1.807, 2.05) is 0 Å². The first-order chi connectivity index (χ1) is 11.0. The Morgan fingerprint density at radius 3 is 2.83 bits per heavy atom. The molecule has 2 heterocycles. The number of aryl methyl sites for hydroxylation is 2. The van der Waals surface area contributed by atoms with Crippen LogP contribution < -0.4 is 4.74 Å². The lowest BCUT2D eigenvalue weighted by Gasteiger charge is -2.10. The molecule has 0 amide bonds. The maximum atomic E-state index is 12.8. The number of alkyl halides is 3. The Morgan fingerprint density at radius 1 is 1.13 bits per heavy atom. The smallest absolute Gasteiger partial charge is 0.416 e. The van der Waals surface area contributed by atoms with Crippen LogP contribution in [-0.4, -0.2) is 9.97 Å². The zero-order valence-corrected chi connectivity index (χ0v) is 12.7. The van der Waals surface area contributed by atoms with Crippen molar-refractivity contribution in [2.75, 3.05) is 0 Å². The van der Waals surface area contributed by atoms with Crippen LogP contribution in [0.4, 0.5) is 13.2 Å². The highest BCUT2D eigenvalue weighted by atomic mass is 32.1. The van der Waals surface area contributed by atoms with E-state index < -0.39 is 11.7 Å². The predicted octanol–water partition coefficient (Wildman–Crippen LogP) is 4.99. The van der Waals surface area contributed by atoms with Gasteiger partial charge >= 0.3 is 6.18 Å². The standard InChI is InChI=1S/C16H11F3N2OS/c17-16(18,19)9-3-1-4-10(7-9)22-14-13-11-5-2-6-12(11)23-15(13)21-8-20-14/h1,3-4,7-8H,2,5-6H2. The third-order valence-corrected chi connectivity index (χ3v) is 5.04. The summed E-state index contributed by atoms with van der Waals surface area (Å²) in [4.78, 5) is 10.5. The van der Waals surface area contributed by atoms with E-state index in [0.29, 0.717) is 5.88 Å². The first kappa shape index (κ1) is 14.4. The monoisotopic (exact) mass is 336 g/mol. The van der Waals surface area contributed by atoms with Crippen molar-refractivity contribution < 1.29 is 17.9 Å². The van der Waals surface area contributed by atoms with E-state index in [9.17, 15) is 13.2 Å². The summed E-state index contributed by atoms with van der Waals surface area (Å²) in [5, 5.41) is 0.836. The highest BCUT2D eigenvalue weighted by molar-refractivity contribution is 7.18. The Hall–Kier alpha value is -2.15. The molecule has 0 radical (unpaired) electrons. The molecule has 0 atom stereocenters. The second-order valence-corrected chi connectivity index (χ2v) is 6.43. The Kier molecular flexibility index (Phi) is 3.26. The fraction of sp³-hybridized carbons (Fsp3) is 0.250. The SMILES string of the molecule is FC(F)(F)c1cccc(Oc2ncnc3sc4c(c23)CCC4)c1. The second-order valence-electron chi connectivity index (χ2n) is 5.34. The molecule has 2 aromatic heterocycles. The number of benzene rings is 1. The van der Waals surface area contributed by atoms with Gasteiger partial charge in [0.15, 0.2) is 0 Å². The molecule has 1 aliphatic carbocycles. The zero-order valence-electron chi connectivity index (χ0n) is 11.9. The molecule has 3 aromatic rings. The van der Waals surface area contributed by atoms with Crippen LogP contribution in [0.1, 0.15) is 22.4 Å². The van der Waals surface area contributed by atoms with E-state index in [-0.39, 0.29) is 5.75 Å². The summed E-state index contributed by atoms with van der Waals surface area (Å²) in [5.41, 5.74) is 0.434. The Morgan fingerprint density at radius 2 is 2.00 bits per heavy atom. The van der Waals surface area contributed by atoms with Crippen molar-refractivity contribution in [3.8, 4) is 11.6 Å². The molecule has 3 nitrogen and oxygen atoms in total. The molecule has 118 valence electrons. The Balaban J connectivity index is 1.76. The molecule has 1 aromatic carbocycles. The number of ether oxygens (including phenoxy) is 1. The molecule has 0 aliphatic heterocycles. The topological polar surface area (TPSA) is 35.0 Å². The number of fused-ring (bicyclic) bond motifs is 3. The zero-order chi connectivity index (χ0) is 16.0. The van der Waals surface area contributed by atoms with Gasteiger partial charge in [0.2, 0.25) is 5.88 Å². The number of nitrogens with zero attached hydrogens (tertiary/aromatic N) is 2. The van der Waals surface area contributed by atoms with Crippen molar-refractivity contribution in [3.05, 3.63) is 46.6 Å². The molecule has 1 aliphatic rings. The fourth-order valence-electron chi connectivity index (χ4n) is 2.82. The van der Waals surface area contributed by atoms with Gasteiger partial charge in [-0.2, -0.15) is 13.2 Å². The van der Waals surface area contributed by atoms with E-state index in [4.69, 9.17) is 4.74 Å². The van der Waals surface area contributed by atoms with Gasteiger partial charge in [-0.15, -0.1) is 11.3 Å². The predicted molar refractivity (Wildman–Crippen MR) is 81.0 cm³/mol. The third kappa shape index (κ3) is 2.55. The van der Waals surface area contributed by atoms with Crippen LogP contribution >= 0.6 is 11.3 Å². The van der Waals surface area contributed by atoms with Gasteiger partial charge in [-0.25, -0.2) is 9.97 Å². The minimum absolute atomic E-state index is 0.123. The van der Waals surface area contributed by atoms with Crippen molar-refractivity contribution in [2.24, 2.45) is 0 Å². The molecule has 0 saturated heterocycles. The summed E-state index contributed by atoms with van der Waals surface area (Å²) in [7, 11) is 0. The molecule has 0 spiro atoms. The molecule has 7 heteroatoms. The average Bonchev–Trinajstić information content (AvgIpc) is 3.07. The fourth-order valence-corrected chi connectivity index (χ4v) is 4.04. The van der Waals surface area contributed by atoms with Gasteiger partial charge in [-0.1, -0.05) is 6.07 Å². The van der Waals surface area contributed by atoms with Crippen molar-refractivity contribution in [2.45, 2.75) is 25.4 Å². The lowest BCUT2D eigenvalue weighted by atomic mass is 10.2. The molecular formula is C16H11F3N2OS. The summed E-state index contributed by atoms with van der Waals surface area (Å²) in [6.45, 7) is 0. The molecule has 23 heavy (non-hydrogen) atoms. The van der Waals surface area contributed by atoms with Gasteiger partial charge in [-0.3, -0.25) is 0 Å². The Labute approximate surface area is 133 Å². The lowest BCUT2D eigenvalue weighted by Crippen LogP contribution is -2.04. The van der Waals surface area contributed by atoms with Crippen LogP contribution in [0, 0.1) is 0 Å². The van der Waals surface area contributed by atoms with Gasteiger partial charge in [0, 0.05) is 4.88 Å². The molecule has 0 N–H and O–H groups in total. The largest absolute Gasteiger partial charge is 0.438 e. The van der Waals surface area contributed by atoms with E-state index >= 15 is 0 Å². The van der Waals surface area contributed by atoms with E-state index in [2.05, 4.69) is 9.97 Å². The minimum atomic E-state index is -4.40. The van der Waals surface area contributed by atoms with Gasteiger partial charge in [0.25, 0.3) is 0 Å². The van der Waals surface area contributed by atoms with Crippen LogP contribution in [0.25, 0.3) is 10.2 Å². The molecule has 4 rings (SSSR count). The van der Waals surface area contributed by atoms with Crippen molar-refractivity contribution in [3.63, 3.8) is 0 Å². The van der Waals surface area contributed by atoms with E-state index in [0.717, 1.165) is 41.6 Å². The van der Waals surface area contributed by atoms with Crippen LogP contribution in [0.2, 0.25) is 0 Å². The van der Waals surface area contributed by atoms with Crippen LogP contribution in [0.5, 0.6) is 11.6 Å². The van der Waals surface area contributed by atoms with Crippen molar-refractivity contribution in [1.29, 1.82) is 0 Å². The lowest BCUT2D eigenvalue weighted by molar-refractivity contribution is -0.137. The average molecular weight is 336 g/mol. The van der Waals surface area contributed by atoms with Crippen LogP contribution in [0.3, 0.4) is 0 Å². The number of thiophene rings is 1. The van der Waals surface area contributed by atoms with Crippen LogP contribution in [-0.2, 0) is 19.0 Å². The quantitative estimate of drug-likeness (QED) is 0.661. The highest BCUT2D eigenvalue weighted by Crippen LogP contribution is 2.41. The summed E-state index contributed by atoms with van der Waals surface area (Å²) in [6, 6.07) is 4.83. The molecular weight excluding hydrogens is 325 g/mol. The second kappa shape index (κ2) is 5.19. The van der Waals surface area contributed by atoms with Gasteiger partial charge in [0.05, 0.1) is 10.9 Å². The first-order valence-electron chi connectivity index (χ1n) is 7.13. The van der Waals surface area contributed by atoms with Crippen LogP contribution in [0.15, 0.2) is 30.6 Å². The minimum Gasteiger partial charge on any atom is -0.438 e. The molecule has 0 bridgehead atoms. The summed E-state index contributed by atoms with van der Waals surface area (Å²) < 4.78 is 44.1. The van der Waals surface area contributed by atoms with Gasteiger partial charge < -0.3 is 4.74 Å². The first-order valence-corrected chi connectivity index (χ1v) is 7.94. The van der Waals surface area contributed by atoms with E-state index in [1.165, 1.54) is 28.9 Å². The molecule has 0 fully saturated rings. The maximum absolute atomic E-state index is 12.8. The molecule has 0 saturated carbocycles. The highest BCUT2D eigenvalue weighted by Gasteiger charge is 2.31. The number of aromatic nitrogens is 2. The summed E-state index contributed by atoms with van der Waals surface area (Å²) in [5.74, 6) is 0.450. The van der Waals surface area contributed by atoms with Crippen molar-refractivity contribution >= 4 is 21.6 Å². The summed E-state index contributed by atoms with van der Waals surface area (Å²) in [6.07, 6.45) is 0.0109. The summed E-state index contributed by atoms with van der Waals surface area (Å²) >= 11 is 1.61. The number of hydrogen-bond donors (Lipinski definition) is 0. The van der Waals surface area contributed by atoms with Gasteiger partial charge in [-0.05, 0) is 43.0 Å². The number of rotatable bonds is 2. The maximum Gasteiger partial charge on any atom is 0.416 e. The van der Waals surface area contributed by atoms with Crippen molar-refractivity contribution in [1.82, 2.24) is 9.97 Å². The third-order valence-electron chi connectivity index (χ3n) is 3.84. The normalized spacial score (nSPS) is 14.2. The number of halogens is 3.